The Morgan fingerprint density at radius 2 is 1.92 bits per heavy atom. The normalized spacial score (nSPS) is 16.3. The van der Waals surface area contributed by atoms with E-state index in [9.17, 15) is 14.4 Å². The topological polar surface area (TPSA) is 99.6 Å². The highest BCUT2D eigenvalue weighted by atomic mass is 16.5. The standard InChI is InChI=1S/C17H20N4O4/c1-10-8-21(11-6-4-5-7-13(11)25-10)9-12(22)14-15(18)19(2)17(24)20(3)16(14)23/h4-7,10H,8-9,18H2,1-3H3/t10-/m0/s1. The Morgan fingerprint density at radius 1 is 1.24 bits per heavy atom. The average Bonchev–Trinajstić information content (AvgIpc) is 2.58. The van der Waals surface area contributed by atoms with Gasteiger partial charge in [0.05, 0.1) is 18.8 Å². The zero-order valence-electron chi connectivity index (χ0n) is 14.4. The lowest BCUT2D eigenvalue weighted by atomic mass is 10.1. The number of fused-ring (bicyclic) bond motifs is 1. The van der Waals surface area contributed by atoms with Crippen LogP contribution < -0.4 is 26.6 Å². The summed E-state index contributed by atoms with van der Waals surface area (Å²) in [6.45, 7) is 2.39. The largest absolute Gasteiger partial charge is 0.487 e. The van der Waals surface area contributed by atoms with Crippen LogP contribution in [0.15, 0.2) is 33.9 Å². The number of para-hydroxylation sites is 2. The van der Waals surface area contributed by atoms with Crippen molar-refractivity contribution in [2.45, 2.75) is 13.0 Å². The van der Waals surface area contributed by atoms with Gasteiger partial charge in [-0.05, 0) is 19.1 Å². The van der Waals surface area contributed by atoms with Crippen molar-refractivity contribution < 1.29 is 9.53 Å². The van der Waals surface area contributed by atoms with Gasteiger partial charge >= 0.3 is 5.69 Å². The maximum absolute atomic E-state index is 12.8. The third kappa shape index (κ3) is 2.79. The molecule has 132 valence electrons. The maximum atomic E-state index is 12.8. The van der Waals surface area contributed by atoms with E-state index in [-0.39, 0.29) is 24.0 Å². The van der Waals surface area contributed by atoms with Crippen LogP contribution in [0.1, 0.15) is 17.3 Å². The minimum atomic E-state index is -0.680. The number of hydrogen-bond donors (Lipinski definition) is 1. The van der Waals surface area contributed by atoms with Crippen molar-refractivity contribution >= 4 is 17.3 Å². The first-order valence-corrected chi connectivity index (χ1v) is 7.90. The molecule has 0 saturated heterocycles. The first-order valence-electron chi connectivity index (χ1n) is 7.90. The molecule has 0 amide bonds. The van der Waals surface area contributed by atoms with E-state index >= 15 is 0 Å². The maximum Gasteiger partial charge on any atom is 0.332 e. The van der Waals surface area contributed by atoms with Gasteiger partial charge in [0.25, 0.3) is 5.56 Å². The summed E-state index contributed by atoms with van der Waals surface area (Å²) in [5.74, 6) is 0.140. The minimum absolute atomic E-state index is 0.0254. The third-order valence-electron chi connectivity index (χ3n) is 4.33. The van der Waals surface area contributed by atoms with Crippen molar-refractivity contribution in [1.82, 2.24) is 9.13 Å². The van der Waals surface area contributed by atoms with E-state index in [4.69, 9.17) is 10.5 Å². The fraction of sp³-hybridized carbons (Fsp3) is 0.353. The number of carbonyl (C=O) groups excluding carboxylic acids is 1. The van der Waals surface area contributed by atoms with E-state index in [0.29, 0.717) is 12.3 Å². The molecule has 2 aromatic rings. The van der Waals surface area contributed by atoms with Crippen LogP contribution in [0.5, 0.6) is 5.75 Å². The molecular formula is C17H20N4O4. The summed E-state index contributed by atoms with van der Waals surface area (Å²) in [5, 5.41) is 0. The van der Waals surface area contributed by atoms with Crippen LogP contribution in [0.3, 0.4) is 0 Å². The summed E-state index contributed by atoms with van der Waals surface area (Å²) in [5.41, 5.74) is 5.24. The van der Waals surface area contributed by atoms with E-state index in [1.807, 2.05) is 36.1 Å². The van der Waals surface area contributed by atoms with Gasteiger partial charge in [0.15, 0.2) is 5.78 Å². The quantitative estimate of drug-likeness (QED) is 0.795. The van der Waals surface area contributed by atoms with Gasteiger partial charge in [-0.3, -0.25) is 18.7 Å². The number of nitrogen functional groups attached to an aromatic ring is 1. The van der Waals surface area contributed by atoms with E-state index in [2.05, 4.69) is 0 Å². The van der Waals surface area contributed by atoms with Gasteiger partial charge in [-0.2, -0.15) is 0 Å². The Hall–Kier alpha value is -3.03. The molecule has 1 aromatic heterocycles. The molecule has 0 spiro atoms. The van der Waals surface area contributed by atoms with Crippen molar-refractivity contribution in [1.29, 1.82) is 0 Å². The van der Waals surface area contributed by atoms with Crippen molar-refractivity contribution in [3.05, 3.63) is 50.7 Å². The van der Waals surface area contributed by atoms with Crippen LogP contribution in [0.25, 0.3) is 0 Å². The molecule has 2 heterocycles. The minimum Gasteiger partial charge on any atom is -0.487 e. The second kappa shape index (κ2) is 6.12. The second-order valence-electron chi connectivity index (χ2n) is 6.17. The number of Topliss-reactive ketones (excluding diaryl/α,β-unsaturated/α-hetero) is 1. The summed E-state index contributed by atoms with van der Waals surface area (Å²) in [4.78, 5) is 38.9. The third-order valence-corrected chi connectivity index (χ3v) is 4.33. The molecule has 1 atom stereocenters. The van der Waals surface area contributed by atoms with Crippen molar-refractivity contribution in [2.24, 2.45) is 14.1 Å². The fourth-order valence-corrected chi connectivity index (χ4v) is 3.00. The lowest BCUT2D eigenvalue weighted by Gasteiger charge is -2.34. The molecule has 1 aliphatic rings. The number of nitrogens with two attached hydrogens (primary N) is 1. The van der Waals surface area contributed by atoms with Gasteiger partial charge in [-0.1, -0.05) is 12.1 Å². The molecular weight excluding hydrogens is 324 g/mol. The number of benzene rings is 1. The number of ether oxygens (including phenoxy) is 1. The molecule has 0 fully saturated rings. The first kappa shape index (κ1) is 16.8. The number of carbonyl (C=O) groups is 1. The van der Waals surface area contributed by atoms with Crippen LogP contribution in [0.2, 0.25) is 0 Å². The van der Waals surface area contributed by atoms with Crippen LogP contribution in [-0.2, 0) is 14.1 Å². The lowest BCUT2D eigenvalue weighted by molar-refractivity contribution is 0.0992. The Balaban J connectivity index is 2.00. The van der Waals surface area contributed by atoms with Gasteiger partial charge in [0.1, 0.15) is 23.2 Å². The first-order chi connectivity index (χ1) is 11.8. The van der Waals surface area contributed by atoms with E-state index in [1.54, 1.807) is 0 Å². The molecule has 0 bridgehead atoms. The molecule has 3 rings (SSSR count). The monoisotopic (exact) mass is 344 g/mol. The fourth-order valence-electron chi connectivity index (χ4n) is 3.00. The Morgan fingerprint density at radius 3 is 2.64 bits per heavy atom. The zero-order chi connectivity index (χ0) is 18.3. The van der Waals surface area contributed by atoms with E-state index in [0.717, 1.165) is 14.8 Å². The lowest BCUT2D eigenvalue weighted by Crippen LogP contribution is -2.45. The Labute approximate surface area is 144 Å². The average molecular weight is 344 g/mol. The molecule has 25 heavy (non-hydrogen) atoms. The number of hydrogen-bond acceptors (Lipinski definition) is 6. The SMILES string of the molecule is C[C@H]1CN(CC(=O)c2c(N)n(C)c(=O)n(C)c2=O)c2ccccc2O1. The molecule has 2 N–H and O–H groups in total. The summed E-state index contributed by atoms with van der Waals surface area (Å²) in [6, 6.07) is 7.41. The molecule has 8 heteroatoms. The van der Waals surface area contributed by atoms with Gasteiger partial charge in [0.2, 0.25) is 0 Å². The van der Waals surface area contributed by atoms with Crippen molar-refractivity contribution in [3.63, 3.8) is 0 Å². The highest BCUT2D eigenvalue weighted by molar-refractivity contribution is 6.02. The van der Waals surface area contributed by atoms with Crippen molar-refractivity contribution in [2.75, 3.05) is 23.7 Å². The van der Waals surface area contributed by atoms with E-state index < -0.39 is 17.0 Å². The summed E-state index contributed by atoms with van der Waals surface area (Å²) < 4.78 is 7.75. The molecule has 1 aromatic carbocycles. The summed E-state index contributed by atoms with van der Waals surface area (Å²) >= 11 is 0. The Bertz CT molecular complexity index is 960. The zero-order valence-corrected chi connectivity index (χ0v) is 14.4. The molecule has 1 aliphatic heterocycles. The van der Waals surface area contributed by atoms with E-state index in [1.165, 1.54) is 14.1 Å². The highest BCUT2D eigenvalue weighted by Gasteiger charge is 2.27. The van der Waals surface area contributed by atoms with Crippen LogP contribution >= 0.6 is 0 Å². The number of nitrogens with zero attached hydrogens (tertiary/aromatic N) is 3. The summed E-state index contributed by atoms with van der Waals surface area (Å²) in [6.07, 6.45) is -0.0944. The highest BCUT2D eigenvalue weighted by Crippen LogP contribution is 2.32. The number of anilines is 2. The second-order valence-corrected chi connectivity index (χ2v) is 6.17. The van der Waals surface area contributed by atoms with Crippen LogP contribution in [0, 0.1) is 0 Å². The van der Waals surface area contributed by atoms with Crippen LogP contribution in [-0.4, -0.2) is 34.1 Å². The van der Waals surface area contributed by atoms with Gasteiger partial charge in [-0.15, -0.1) is 0 Å². The predicted molar refractivity (Wildman–Crippen MR) is 94.4 cm³/mol. The molecule has 0 radical (unpaired) electrons. The molecule has 0 unspecified atom stereocenters. The molecule has 0 saturated carbocycles. The number of aromatic nitrogens is 2. The van der Waals surface area contributed by atoms with Crippen molar-refractivity contribution in [3.8, 4) is 5.75 Å². The van der Waals surface area contributed by atoms with Gasteiger partial charge in [-0.25, -0.2) is 4.79 Å². The van der Waals surface area contributed by atoms with Gasteiger partial charge < -0.3 is 15.4 Å². The summed E-state index contributed by atoms with van der Waals surface area (Å²) in [7, 11) is 2.76. The van der Waals surface area contributed by atoms with Gasteiger partial charge in [0, 0.05) is 14.1 Å². The number of ketones is 1. The molecule has 8 nitrogen and oxygen atoms in total. The smallest absolute Gasteiger partial charge is 0.332 e. The Kier molecular flexibility index (Phi) is 4.12. The van der Waals surface area contributed by atoms with Crippen LogP contribution in [0.4, 0.5) is 11.5 Å². The number of rotatable bonds is 3. The molecule has 0 aliphatic carbocycles. The predicted octanol–water partition coefficient (Wildman–Crippen LogP) is 0.136.